The Balaban J connectivity index is 2.18. The maximum Gasteiger partial charge on any atom is 0.305 e. The molecule has 0 saturated heterocycles. The van der Waals surface area contributed by atoms with Gasteiger partial charge in [-0.05, 0) is 47.6 Å². The second-order valence-corrected chi connectivity index (χ2v) is 5.51. The number of hydrogen-bond acceptors (Lipinski definition) is 3. The molecule has 0 aliphatic heterocycles. The monoisotopic (exact) mass is 360 g/mol. The Hall–Kier alpha value is -1.21. The maximum absolute atomic E-state index is 13.6. The summed E-state index contributed by atoms with van der Waals surface area (Å²) >= 11 is 8.36. The molecule has 2 rings (SSSR count). The smallest absolute Gasteiger partial charge is 0.305 e. The number of nitrogens with zero attached hydrogens (tertiary/aromatic N) is 1. The lowest BCUT2D eigenvalue weighted by Crippen LogP contribution is -2.06. The van der Waals surface area contributed by atoms with Crippen molar-refractivity contribution in [1.82, 2.24) is 9.55 Å². The molecule has 1 heterocycles. The number of carbonyl (C=O) groups is 1. The average Bonchev–Trinajstić information content (AvgIpc) is 2.67. The van der Waals surface area contributed by atoms with Crippen molar-refractivity contribution >= 4 is 45.2 Å². The molecule has 0 unspecified atom stereocenters. The van der Waals surface area contributed by atoms with E-state index >= 15 is 0 Å². The average molecular weight is 361 g/mol. The number of aromatic amines is 1. The molecule has 2 aromatic rings. The lowest BCUT2D eigenvalue weighted by Gasteiger charge is -2.05. The van der Waals surface area contributed by atoms with Crippen LogP contribution in [0, 0.1) is 10.6 Å². The predicted molar refractivity (Wildman–Crippen MR) is 80.6 cm³/mol. The number of esters is 1. The Bertz CT molecular complexity index is 695. The first-order valence-electron chi connectivity index (χ1n) is 6.26. The molecule has 1 aromatic heterocycles. The van der Waals surface area contributed by atoms with E-state index in [2.05, 4.69) is 20.9 Å². The minimum atomic E-state index is -0.342. The van der Waals surface area contributed by atoms with E-state index in [9.17, 15) is 9.18 Å². The van der Waals surface area contributed by atoms with E-state index < -0.39 is 0 Å². The number of nitrogens with one attached hydrogen (secondary N) is 1. The molecule has 0 aliphatic carbocycles. The first kappa shape index (κ1) is 15.2. The van der Waals surface area contributed by atoms with E-state index in [0.29, 0.717) is 40.8 Å². The number of halogens is 2. The SMILES string of the molecule is CCOC(=O)CCCn1c(=S)[nH]c2cc(Br)c(F)cc21. The summed E-state index contributed by atoms with van der Waals surface area (Å²) in [6.07, 6.45) is 0.916. The van der Waals surface area contributed by atoms with Crippen LogP contribution in [-0.4, -0.2) is 22.1 Å². The number of rotatable bonds is 5. The van der Waals surface area contributed by atoms with Crippen molar-refractivity contribution in [2.24, 2.45) is 0 Å². The van der Waals surface area contributed by atoms with E-state index in [1.807, 2.05) is 0 Å². The van der Waals surface area contributed by atoms with Gasteiger partial charge in [-0.25, -0.2) is 4.39 Å². The van der Waals surface area contributed by atoms with Gasteiger partial charge in [0.05, 0.1) is 22.1 Å². The Kier molecular flexibility index (Phi) is 4.93. The van der Waals surface area contributed by atoms with Crippen LogP contribution in [0.3, 0.4) is 0 Å². The lowest BCUT2D eigenvalue weighted by molar-refractivity contribution is -0.143. The van der Waals surface area contributed by atoms with Gasteiger partial charge in [-0.15, -0.1) is 0 Å². The molecular weight excluding hydrogens is 347 g/mol. The summed E-state index contributed by atoms with van der Waals surface area (Å²) in [5.41, 5.74) is 1.46. The van der Waals surface area contributed by atoms with Gasteiger partial charge >= 0.3 is 5.97 Å². The van der Waals surface area contributed by atoms with Crippen LogP contribution < -0.4 is 0 Å². The fourth-order valence-corrected chi connectivity index (χ4v) is 2.63. The largest absolute Gasteiger partial charge is 0.466 e. The number of imidazole rings is 1. The molecule has 0 saturated carbocycles. The zero-order chi connectivity index (χ0) is 14.7. The minimum Gasteiger partial charge on any atom is -0.466 e. The van der Waals surface area contributed by atoms with Gasteiger partial charge in [0.2, 0.25) is 0 Å². The lowest BCUT2D eigenvalue weighted by atomic mass is 10.3. The molecule has 0 amide bonds. The van der Waals surface area contributed by atoms with Crippen LogP contribution in [0.4, 0.5) is 4.39 Å². The summed E-state index contributed by atoms with van der Waals surface area (Å²) in [5.74, 6) is -0.571. The van der Waals surface area contributed by atoms with Gasteiger partial charge in [0.15, 0.2) is 4.77 Å². The standard InChI is InChI=1S/C13H14BrFN2O2S/c1-2-19-12(18)4-3-5-17-11-7-9(15)8(14)6-10(11)16-13(17)20/h6-7H,2-5H2,1H3,(H,16,20). The van der Waals surface area contributed by atoms with E-state index in [4.69, 9.17) is 17.0 Å². The van der Waals surface area contributed by atoms with E-state index in [0.717, 1.165) is 5.52 Å². The van der Waals surface area contributed by atoms with Crippen LogP contribution in [0.5, 0.6) is 0 Å². The number of hydrogen-bond donors (Lipinski definition) is 1. The Morgan fingerprint density at radius 3 is 3.00 bits per heavy atom. The van der Waals surface area contributed by atoms with Gasteiger partial charge in [-0.2, -0.15) is 0 Å². The number of aryl methyl sites for hydroxylation is 1. The summed E-state index contributed by atoms with van der Waals surface area (Å²) in [5, 5.41) is 0. The number of fused-ring (bicyclic) bond motifs is 1. The zero-order valence-corrected chi connectivity index (χ0v) is 13.3. The Morgan fingerprint density at radius 2 is 2.30 bits per heavy atom. The summed E-state index contributed by atoms with van der Waals surface area (Å²) in [4.78, 5) is 14.3. The van der Waals surface area contributed by atoms with Crippen LogP contribution in [0.15, 0.2) is 16.6 Å². The molecule has 0 radical (unpaired) electrons. The van der Waals surface area contributed by atoms with Crippen LogP contribution in [0.1, 0.15) is 19.8 Å². The second kappa shape index (κ2) is 6.49. The molecule has 0 fully saturated rings. The quantitative estimate of drug-likeness (QED) is 0.648. The first-order chi connectivity index (χ1) is 9.52. The Morgan fingerprint density at radius 1 is 1.55 bits per heavy atom. The molecule has 0 spiro atoms. The number of aromatic nitrogens is 2. The van der Waals surface area contributed by atoms with Crippen LogP contribution in [0.2, 0.25) is 0 Å². The van der Waals surface area contributed by atoms with Gasteiger partial charge in [-0.3, -0.25) is 4.79 Å². The van der Waals surface area contributed by atoms with Gasteiger partial charge in [0.1, 0.15) is 5.82 Å². The van der Waals surface area contributed by atoms with Gasteiger partial charge in [0.25, 0.3) is 0 Å². The van der Waals surface area contributed by atoms with Crippen molar-refractivity contribution < 1.29 is 13.9 Å². The van der Waals surface area contributed by atoms with Crippen LogP contribution in [-0.2, 0) is 16.1 Å². The van der Waals surface area contributed by atoms with Crippen molar-refractivity contribution in [1.29, 1.82) is 0 Å². The van der Waals surface area contributed by atoms with E-state index in [1.165, 1.54) is 6.07 Å². The fraction of sp³-hybridized carbons (Fsp3) is 0.385. The molecular formula is C13H14BrFN2O2S. The molecule has 20 heavy (non-hydrogen) atoms. The Labute approximate surface area is 129 Å². The third-order valence-corrected chi connectivity index (χ3v) is 3.81. The summed E-state index contributed by atoms with van der Waals surface area (Å²) < 4.78 is 21.2. The van der Waals surface area contributed by atoms with Crippen LogP contribution in [0.25, 0.3) is 11.0 Å². The zero-order valence-electron chi connectivity index (χ0n) is 10.9. The summed E-state index contributed by atoms with van der Waals surface area (Å²) in [6, 6.07) is 3.08. The van der Waals surface area contributed by atoms with Crippen molar-refractivity contribution in [2.75, 3.05) is 6.61 Å². The molecule has 7 heteroatoms. The van der Waals surface area contributed by atoms with Gasteiger partial charge < -0.3 is 14.3 Å². The number of H-pyrrole nitrogens is 1. The highest BCUT2D eigenvalue weighted by Crippen LogP contribution is 2.23. The highest BCUT2D eigenvalue weighted by Gasteiger charge is 2.09. The first-order valence-corrected chi connectivity index (χ1v) is 7.46. The molecule has 0 bridgehead atoms. The maximum atomic E-state index is 13.6. The van der Waals surface area contributed by atoms with Crippen molar-refractivity contribution in [3.05, 3.63) is 27.2 Å². The van der Waals surface area contributed by atoms with Gasteiger partial charge in [0, 0.05) is 19.0 Å². The minimum absolute atomic E-state index is 0.229. The fourth-order valence-electron chi connectivity index (χ4n) is 1.99. The van der Waals surface area contributed by atoms with Crippen molar-refractivity contribution in [3.63, 3.8) is 0 Å². The molecule has 1 aromatic carbocycles. The van der Waals surface area contributed by atoms with Crippen molar-refractivity contribution in [3.8, 4) is 0 Å². The third kappa shape index (κ3) is 3.27. The highest BCUT2D eigenvalue weighted by atomic mass is 79.9. The normalized spacial score (nSPS) is 10.9. The second-order valence-electron chi connectivity index (χ2n) is 4.27. The topological polar surface area (TPSA) is 47.0 Å². The summed E-state index contributed by atoms with van der Waals surface area (Å²) in [6.45, 7) is 2.69. The van der Waals surface area contributed by atoms with Crippen molar-refractivity contribution in [2.45, 2.75) is 26.3 Å². The number of benzene rings is 1. The molecule has 1 N–H and O–H groups in total. The molecule has 0 aliphatic rings. The summed E-state index contributed by atoms with van der Waals surface area (Å²) in [7, 11) is 0. The molecule has 4 nitrogen and oxygen atoms in total. The van der Waals surface area contributed by atoms with Gasteiger partial charge in [-0.1, -0.05) is 0 Å². The molecule has 0 atom stereocenters. The molecule has 108 valence electrons. The van der Waals surface area contributed by atoms with E-state index in [1.54, 1.807) is 17.6 Å². The highest BCUT2D eigenvalue weighted by molar-refractivity contribution is 9.10. The third-order valence-electron chi connectivity index (χ3n) is 2.88. The number of ether oxygens (including phenoxy) is 1. The predicted octanol–water partition coefficient (Wildman–Crippen LogP) is 3.94. The van der Waals surface area contributed by atoms with E-state index in [-0.39, 0.29) is 11.8 Å². The van der Waals surface area contributed by atoms with Crippen LogP contribution >= 0.6 is 28.1 Å². The number of carbonyl (C=O) groups excluding carboxylic acids is 1.